The number of carbonyl (C=O) groups excluding carboxylic acids is 2. The standard InChI is InChI=1S/C22H26O7S/c1-2-30-20(13-23)29-19(15-28-22(26)17-11-7-4-8-12-17)18(24)14-27-21(25)16-9-5-3-6-10-16/h3-12,18-20,23-24H,2,13-15H2,1H3/t18-,19?,20-/m0/s1. The van der Waals surface area contributed by atoms with Crippen molar-refractivity contribution >= 4 is 23.7 Å². The zero-order chi connectivity index (χ0) is 21.8. The van der Waals surface area contributed by atoms with Crippen molar-refractivity contribution in [2.24, 2.45) is 0 Å². The molecule has 2 N–H and O–H groups in total. The van der Waals surface area contributed by atoms with Crippen LogP contribution in [-0.2, 0) is 14.2 Å². The molecule has 2 rings (SSSR count). The number of hydrogen-bond acceptors (Lipinski definition) is 8. The highest BCUT2D eigenvalue weighted by Gasteiger charge is 2.27. The molecule has 0 radical (unpaired) electrons. The van der Waals surface area contributed by atoms with E-state index in [2.05, 4.69) is 0 Å². The fraction of sp³-hybridized carbons (Fsp3) is 0.364. The lowest BCUT2D eigenvalue weighted by Gasteiger charge is -2.26. The van der Waals surface area contributed by atoms with Crippen LogP contribution >= 0.6 is 11.8 Å². The van der Waals surface area contributed by atoms with E-state index in [0.29, 0.717) is 16.9 Å². The Hall–Kier alpha value is -2.39. The summed E-state index contributed by atoms with van der Waals surface area (Å²) < 4.78 is 16.2. The molecule has 7 nitrogen and oxygen atoms in total. The quantitative estimate of drug-likeness (QED) is 0.388. The summed E-state index contributed by atoms with van der Waals surface area (Å²) in [6, 6.07) is 16.8. The first-order valence-corrected chi connectivity index (χ1v) is 10.6. The van der Waals surface area contributed by atoms with Gasteiger partial charge in [-0.3, -0.25) is 0 Å². The Morgan fingerprint density at radius 1 is 0.900 bits per heavy atom. The van der Waals surface area contributed by atoms with Crippen LogP contribution in [0, 0.1) is 0 Å². The molecule has 0 spiro atoms. The number of thioether (sulfide) groups is 1. The van der Waals surface area contributed by atoms with Crippen molar-refractivity contribution < 1.29 is 34.0 Å². The number of rotatable bonds is 12. The van der Waals surface area contributed by atoms with E-state index in [-0.39, 0.29) is 19.8 Å². The summed E-state index contributed by atoms with van der Waals surface area (Å²) in [4.78, 5) is 24.3. The molecule has 0 heterocycles. The molecule has 162 valence electrons. The highest BCUT2D eigenvalue weighted by molar-refractivity contribution is 7.99. The van der Waals surface area contributed by atoms with Gasteiger partial charge in [-0.15, -0.1) is 11.8 Å². The number of aliphatic hydroxyl groups is 2. The molecule has 2 aromatic rings. The molecule has 0 bridgehead atoms. The van der Waals surface area contributed by atoms with Gasteiger partial charge in [-0.1, -0.05) is 43.3 Å². The van der Waals surface area contributed by atoms with Crippen LogP contribution in [-0.4, -0.2) is 65.4 Å². The first kappa shape index (κ1) is 23.9. The smallest absolute Gasteiger partial charge is 0.338 e. The monoisotopic (exact) mass is 434 g/mol. The third-order valence-corrected chi connectivity index (χ3v) is 5.01. The third-order valence-electron chi connectivity index (χ3n) is 4.04. The van der Waals surface area contributed by atoms with Gasteiger partial charge in [0.1, 0.15) is 30.9 Å². The van der Waals surface area contributed by atoms with Crippen LogP contribution in [0.25, 0.3) is 0 Å². The molecule has 3 atom stereocenters. The second kappa shape index (κ2) is 13.0. The normalized spacial score (nSPS) is 13.8. The van der Waals surface area contributed by atoms with E-state index in [1.165, 1.54) is 11.8 Å². The lowest BCUT2D eigenvalue weighted by Crippen LogP contribution is -2.40. The second-order valence-electron chi connectivity index (χ2n) is 6.24. The summed E-state index contributed by atoms with van der Waals surface area (Å²) in [5.41, 5.74) is 0.102. The van der Waals surface area contributed by atoms with Crippen molar-refractivity contribution in [1.82, 2.24) is 0 Å². The zero-order valence-corrected chi connectivity index (χ0v) is 17.5. The van der Waals surface area contributed by atoms with E-state index in [4.69, 9.17) is 14.2 Å². The summed E-state index contributed by atoms with van der Waals surface area (Å²) in [6.07, 6.45) is -2.25. The van der Waals surface area contributed by atoms with Gasteiger partial charge >= 0.3 is 11.9 Å². The Balaban J connectivity index is 1.98. The molecular formula is C22H26O7S. The number of hydrogen-bond donors (Lipinski definition) is 2. The first-order chi connectivity index (χ1) is 14.5. The van der Waals surface area contributed by atoms with Crippen molar-refractivity contribution in [1.29, 1.82) is 0 Å². The van der Waals surface area contributed by atoms with E-state index in [1.807, 2.05) is 6.92 Å². The number of aliphatic hydroxyl groups excluding tert-OH is 2. The third kappa shape index (κ3) is 7.79. The number of carbonyl (C=O) groups is 2. The summed E-state index contributed by atoms with van der Waals surface area (Å²) in [7, 11) is 0. The predicted molar refractivity (Wildman–Crippen MR) is 113 cm³/mol. The minimum Gasteiger partial charge on any atom is -0.459 e. The van der Waals surface area contributed by atoms with E-state index in [9.17, 15) is 19.8 Å². The van der Waals surface area contributed by atoms with Crippen LogP contribution in [0.5, 0.6) is 0 Å². The summed E-state index contributed by atoms with van der Waals surface area (Å²) in [6.45, 7) is 1.01. The maximum absolute atomic E-state index is 12.2. The summed E-state index contributed by atoms with van der Waals surface area (Å²) in [5.74, 6) is -0.474. The summed E-state index contributed by atoms with van der Waals surface area (Å²) >= 11 is 1.34. The van der Waals surface area contributed by atoms with Crippen LogP contribution in [0.1, 0.15) is 27.6 Å². The SMILES string of the molecule is CCS[C@@H](CO)OC(COC(=O)c1ccccc1)[C@@H](O)COC(=O)c1ccccc1. The lowest BCUT2D eigenvalue weighted by atomic mass is 10.2. The predicted octanol–water partition coefficient (Wildman–Crippen LogP) is 2.52. The maximum atomic E-state index is 12.2. The van der Waals surface area contributed by atoms with Gasteiger partial charge < -0.3 is 24.4 Å². The Labute approximate surface area is 180 Å². The lowest BCUT2D eigenvalue weighted by molar-refractivity contribution is -0.101. The Morgan fingerprint density at radius 3 is 1.87 bits per heavy atom. The van der Waals surface area contributed by atoms with E-state index in [1.54, 1.807) is 60.7 Å². The van der Waals surface area contributed by atoms with Gasteiger partial charge in [0.25, 0.3) is 0 Å². The van der Waals surface area contributed by atoms with Gasteiger partial charge in [0.15, 0.2) is 0 Å². The molecule has 30 heavy (non-hydrogen) atoms. The zero-order valence-electron chi connectivity index (χ0n) is 16.7. The average Bonchev–Trinajstić information content (AvgIpc) is 2.80. The molecule has 0 saturated carbocycles. The van der Waals surface area contributed by atoms with Gasteiger partial charge in [0, 0.05) is 0 Å². The van der Waals surface area contributed by atoms with Crippen molar-refractivity contribution in [2.45, 2.75) is 24.6 Å². The molecule has 0 aromatic heterocycles. The van der Waals surface area contributed by atoms with Gasteiger partial charge in [-0.25, -0.2) is 9.59 Å². The van der Waals surface area contributed by atoms with E-state index in [0.717, 1.165) is 0 Å². The van der Waals surface area contributed by atoms with E-state index < -0.39 is 29.6 Å². The molecular weight excluding hydrogens is 408 g/mol. The number of ether oxygens (including phenoxy) is 3. The summed E-state index contributed by atoms with van der Waals surface area (Å²) in [5, 5.41) is 20.0. The maximum Gasteiger partial charge on any atom is 0.338 e. The molecule has 0 aliphatic rings. The molecule has 1 unspecified atom stereocenters. The van der Waals surface area contributed by atoms with Crippen LogP contribution in [0.4, 0.5) is 0 Å². The molecule has 0 saturated heterocycles. The Morgan fingerprint density at radius 2 is 1.40 bits per heavy atom. The highest BCUT2D eigenvalue weighted by atomic mass is 32.2. The van der Waals surface area contributed by atoms with Gasteiger partial charge in [0.05, 0.1) is 17.7 Å². The van der Waals surface area contributed by atoms with Gasteiger partial charge in [-0.2, -0.15) is 0 Å². The van der Waals surface area contributed by atoms with Gasteiger partial charge in [-0.05, 0) is 30.0 Å². The van der Waals surface area contributed by atoms with Crippen molar-refractivity contribution in [3.8, 4) is 0 Å². The van der Waals surface area contributed by atoms with Crippen molar-refractivity contribution in [3.63, 3.8) is 0 Å². The number of benzene rings is 2. The largest absolute Gasteiger partial charge is 0.459 e. The van der Waals surface area contributed by atoms with E-state index >= 15 is 0 Å². The Kier molecular flexibility index (Phi) is 10.4. The van der Waals surface area contributed by atoms with Crippen LogP contribution < -0.4 is 0 Å². The van der Waals surface area contributed by atoms with Crippen molar-refractivity contribution in [2.75, 3.05) is 25.6 Å². The highest BCUT2D eigenvalue weighted by Crippen LogP contribution is 2.17. The topological polar surface area (TPSA) is 102 Å². The minimum atomic E-state index is -1.26. The van der Waals surface area contributed by atoms with Gasteiger partial charge in [0.2, 0.25) is 0 Å². The fourth-order valence-corrected chi connectivity index (χ4v) is 3.20. The molecule has 0 aliphatic carbocycles. The molecule has 2 aromatic carbocycles. The fourth-order valence-electron chi connectivity index (χ4n) is 2.50. The second-order valence-corrected chi connectivity index (χ2v) is 7.67. The minimum absolute atomic E-state index is 0.265. The molecule has 0 aliphatic heterocycles. The number of esters is 2. The molecule has 8 heteroatoms. The van der Waals surface area contributed by atoms with Crippen molar-refractivity contribution in [3.05, 3.63) is 71.8 Å². The molecule has 0 fully saturated rings. The molecule has 0 amide bonds. The Bertz CT molecular complexity index is 770. The van der Waals surface area contributed by atoms with Crippen LogP contribution in [0.2, 0.25) is 0 Å². The van der Waals surface area contributed by atoms with Crippen LogP contribution in [0.3, 0.4) is 0 Å². The first-order valence-electron chi connectivity index (χ1n) is 9.55. The van der Waals surface area contributed by atoms with Crippen LogP contribution in [0.15, 0.2) is 60.7 Å². The average molecular weight is 435 g/mol.